The molecule has 33 heavy (non-hydrogen) atoms. The molecule has 11 heteroatoms. The minimum Gasteiger partial charge on any atom is -0.503 e. The average molecular weight is 484 g/mol. The van der Waals surface area contributed by atoms with E-state index in [0.717, 1.165) is 15.7 Å². The Morgan fingerprint density at radius 2 is 2.06 bits per heavy atom. The van der Waals surface area contributed by atoms with Gasteiger partial charge in [-0.25, -0.2) is 13.2 Å². The number of benzene rings is 1. The van der Waals surface area contributed by atoms with Crippen LogP contribution in [0.5, 0.6) is 5.75 Å². The van der Waals surface area contributed by atoms with E-state index in [1.54, 1.807) is 6.92 Å². The van der Waals surface area contributed by atoms with Crippen molar-refractivity contribution in [3.05, 3.63) is 62.3 Å². The smallest absolute Gasteiger partial charge is 0.275 e. The molecule has 2 atom stereocenters. The minimum atomic E-state index is -3.17. The number of likely N-dealkylation sites (N-methyl/N-ethyl adjacent to an activating group) is 1. The zero-order chi connectivity index (χ0) is 24.1. The van der Waals surface area contributed by atoms with Crippen molar-refractivity contribution < 1.29 is 27.9 Å². The first-order valence-electron chi connectivity index (χ1n) is 10.5. The summed E-state index contributed by atoms with van der Waals surface area (Å²) in [5, 5.41) is 12.7. The maximum Gasteiger partial charge on any atom is 0.275 e. The third-order valence-electron chi connectivity index (χ3n) is 6.23. The fourth-order valence-electron chi connectivity index (χ4n) is 4.67. The standard InChI is InChI=1S/C22H21ClF3N3O4/c1-2-28-19-14(7-4-8-22(19,25)26)29-10-12(17(30)18(31)16(29)21(28)33)20(32)27-9-11-5-3-6-13(23)15(11)24/h3,5-6,10,14,19,31H,2,4,7-9H2,1H3,(H,27,32)/t14-,19-/m0/s1. The molecular weight excluding hydrogens is 463 g/mol. The van der Waals surface area contributed by atoms with Gasteiger partial charge in [-0.05, 0) is 25.8 Å². The van der Waals surface area contributed by atoms with Crippen molar-refractivity contribution in [2.24, 2.45) is 0 Å². The van der Waals surface area contributed by atoms with Gasteiger partial charge in [0, 0.05) is 31.3 Å². The van der Waals surface area contributed by atoms with E-state index in [4.69, 9.17) is 11.6 Å². The summed E-state index contributed by atoms with van der Waals surface area (Å²) in [6.07, 6.45) is 1.08. The van der Waals surface area contributed by atoms with E-state index in [1.807, 2.05) is 0 Å². The van der Waals surface area contributed by atoms with Crippen molar-refractivity contribution in [3.8, 4) is 5.75 Å². The molecular formula is C22H21ClF3N3O4. The van der Waals surface area contributed by atoms with Crippen molar-refractivity contribution >= 4 is 23.4 Å². The van der Waals surface area contributed by atoms with Crippen LogP contribution in [-0.2, 0) is 6.54 Å². The molecule has 0 saturated heterocycles. The lowest BCUT2D eigenvalue weighted by Crippen LogP contribution is -2.60. The number of hydrogen-bond acceptors (Lipinski definition) is 4. The number of aromatic nitrogens is 1. The fraction of sp³-hybridized carbons (Fsp3) is 0.409. The zero-order valence-corrected chi connectivity index (χ0v) is 18.3. The zero-order valence-electron chi connectivity index (χ0n) is 17.6. The Morgan fingerprint density at radius 1 is 1.33 bits per heavy atom. The van der Waals surface area contributed by atoms with Gasteiger partial charge in [0.1, 0.15) is 17.4 Å². The van der Waals surface area contributed by atoms with Gasteiger partial charge in [0.2, 0.25) is 5.43 Å². The van der Waals surface area contributed by atoms with Crippen LogP contribution in [0.1, 0.15) is 58.6 Å². The Kier molecular flexibility index (Phi) is 5.90. The van der Waals surface area contributed by atoms with Crippen molar-refractivity contribution in [1.82, 2.24) is 14.8 Å². The van der Waals surface area contributed by atoms with Gasteiger partial charge >= 0.3 is 0 Å². The summed E-state index contributed by atoms with van der Waals surface area (Å²) < 4.78 is 44.8. The van der Waals surface area contributed by atoms with Gasteiger partial charge in [-0.1, -0.05) is 23.7 Å². The highest BCUT2D eigenvalue weighted by atomic mass is 35.5. The van der Waals surface area contributed by atoms with Gasteiger partial charge in [0.15, 0.2) is 11.4 Å². The van der Waals surface area contributed by atoms with Crippen molar-refractivity contribution in [3.63, 3.8) is 0 Å². The van der Waals surface area contributed by atoms with Gasteiger partial charge in [-0.15, -0.1) is 0 Å². The number of rotatable bonds is 4. The van der Waals surface area contributed by atoms with E-state index in [1.165, 1.54) is 18.2 Å². The third kappa shape index (κ3) is 3.76. The molecule has 2 heterocycles. The van der Waals surface area contributed by atoms with E-state index in [2.05, 4.69) is 5.32 Å². The number of aromatic hydroxyl groups is 1. The first-order chi connectivity index (χ1) is 15.6. The second kappa shape index (κ2) is 8.40. The maximum atomic E-state index is 14.8. The van der Waals surface area contributed by atoms with Crippen LogP contribution in [0, 0.1) is 5.82 Å². The molecule has 0 radical (unpaired) electrons. The third-order valence-corrected chi connectivity index (χ3v) is 6.52. The lowest BCUT2D eigenvalue weighted by molar-refractivity contribution is -0.119. The molecule has 176 valence electrons. The van der Waals surface area contributed by atoms with Crippen LogP contribution < -0.4 is 10.7 Å². The van der Waals surface area contributed by atoms with Crippen LogP contribution in [0.4, 0.5) is 13.2 Å². The Bertz CT molecular complexity index is 1200. The number of halogens is 4. The fourth-order valence-corrected chi connectivity index (χ4v) is 4.87. The molecule has 1 saturated carbocycles. The van der Waals surface area contributed by atoms with E-state index >= 15 is 0 Å². The van der Waals surface area contributed by atoms with E-state index in [9.17, 15) is 32.7 Å². The second-order valence-electron chi connectivity index (χ2n) is 8.13. The summed E-state index contributed by atoms with van der Waals surface area (Å²) in [6.45, 7) is 1.21. The Morgan fingerprint density at radius 3 is 2.76 bits per heavy atom. The molecule has 0 bridgehead atoms. The van der Waals surface area contributed by atoms with Crippen LogP contribution in [0.15, 0.2) is 29.2 Å². The molecule has 2 aromatic rings. The summed E-state index contributed by atoms with van der Waals surface area (Å²) in [4.78, 5) is 39.3. The molecule has 0 spiro atoms. The number of amides is 2. The van der Waals surface area contributed by atoms with Gasteiger partial charge < -0.3 is 19.9 Å². The van der Waals surface area contributed by atoms with Crippen LogP contribution in [0.25, 0.3) is 0 Å². The number of carbonyl (C=O) groups excluding carboxylic acids is 2. The number of alkyl halides is 2. The molecule has 1 aliphatic heterocycles. The topological polar surface area (TPSA) is 91.6 Å². The van der Waals surface area contributed by atoms with Crippen molar-refractivity contribution in [1.29, 1.82) is 0 Å². The molecule has 2 N–H and O–H groups in total. The van der Waals surface area contributed by atoms with Crippen LogP contribution in [0.2, 0.25) is 5.02 Å². The molecule has 2 aliphatic rings. The normalized spacial score (nSPS) is 21.4. The Labute approximate surface area is 191 Å². The molecule has 7 nitrogen and oxygen atoms in total. The second-order valence-corrected chi connectivity index (χ2v) is 8.54. The first kappa shape index (κ1) is 23.2. The highest BCUT2D eigenvalue weighted by Crippen LogP contribution is 2.46. The maximum absolute atomic E-state index is 14.8. The van der Waals surface area contributed by atoms with Crippen LogP contribution >= 0.6 is 11.6 Å². The predicted octanol–water partition coefficient (Wildman–Crippen LogP) is 3.48. The predicted molar refractivity (Wildman–Crippen MR) is 113 cm³/mol. The lowest BCUT2D eigenvalue weighted by atomic mass is 9.83. The summed E-state index contributed by atoms with van der Waals surface area (Å²) in [6, 6.07) is 1.83. The summed E-state index contributed by atoms with van der Waals surface area (Å²) in [5.74, 6) is -6.73. The molecule has 2 amide bonds. The monoisotopic (exact) mass is 483 g/mol. The van der Waals surface area contributed by atoms with Gasteiger partial charge in [0.05, 0.1) is 11.1 Å². The van der Waals surface area contributed by atoms with E-state index in [0.29, 0.717) is 0 Å². The lowest BCUT2D eigenvalue weighted by Gasteiger charge is -2.48. The number of carbonyl (C=O) groups is 2. The van der Waals surface area contributed by atoms with Crippen molar-refractivity contribution in [2.45, 2.75) is 50.7 Å². The number of hydrogen-bond donors (Lipinski definition) is 2. The number of pyridine rings is 1. The highest BCUT2D eigenvalue weighted by Gasteiger charge is 2.55. The van der Waals surface area contributed by atoms with Crippen molar-refractivity contribution in [2.75, 3.05) is 6.54 Å². The Hall–Kier alpha value is -3.01. The minimum absolute atomic E-state index is 0.0311. The van der Waals surface area contributed by atoms with E-state index < -0.39 is 64.5 Å². The number of nitrogens with one attached hydrogen (secondary N) is 1. The number of fused-ring (bicyclic) bond motifs is 3. The average Bonchev–Trinajstić information content (AvgIpc) is 2.77. The molecule has 1 aromatic heterocycles. The molecule has 1 aromatic carbocycles. The Balaban J connectivity index is 1.74. The van der Waals surface area contributed by atoms with Gasteiger partial charge in [0.25, 0.3) is 17.7 Å². The molecule has 4 rings (SSSR count). The molecule has 1 fully saturated rings. The highest BCUT2D eigenvalue weighted by molar-refractivity contribution is 6.30. The SMILES string of the molecule is CCN1C(=O)c2c(O)c(=O)c(C(=O)NCc3cccc(Cl)c3F)cn2[C@H]2CCCC(F)(F)[C@H]21. The van der Waals surface area contributed by atoms with Gasteiger partial charge in [-0.3, -0.25) is 14.4 Å². The molecule has 1 aliphatic carbocycles. The summed E-state index contributed by atoms with van der Waals surface area (Å²) >= 11 is 5.73. The largest absolute Gasteiger partial charge is 0.503 e. The first-order valence-corrected chi connectivity index (χ1v) is 10.8. The quantitative estimate of drug-likeness (QED) is 0.696. The number of nitrogens with zero attached hydrogens (tertiary/aromatic N) is 2. The van der Waals surface area contributed by atoms with Crippen LogP contribution in [0.3, 0.4) is 0 Å². The van der Waals surface area contributed by atoms with Crippen LogP contribution in [-0.4, -0.2) is 44.9 Å². The van der Waals surface area contributed by atoms with Gasteiger partial charge in [-0.2, -0.15) is 0 Å². The summed E-state index contributed by atoms with van der Waals surface area (Å²) in [7, 11) is 0. The molecule has 0 unspecified atom stereocenters. The summed E-state index contributed by atoms with van der Waals surface area (Å²) in [5.41, 5.74) is -2.00. The van der Waals surface area contributed by atoms with E-state index in [-0.39, 0.29) is 36.5 Å².